The number of para-hydroxylation sites is 1. The molecule has 0 saturated heterocycles. The van der Waals surface area contributed by atoms with Crippen LogP contribution in [-0.2, 0) is 0 Å². The van der Waals surface area contributed by atoms with Crippen molar-refractivity contribution in [1.82, 2.24) is 4.98 Å². The van der Waals surface area contributed by atoms with Gasteiger partial charge in [-0.1, -0.05) is 23.5 Å². The van der Waals surface area contributed by atoms with Crippen LogP contribution in [0.5, 0.6) is 5.75 Å². The van der Waals surface area contributed by atoms with Crippen LogP contribution in [0.15, 0.2) is 40.8 Å². The van der Waals surface area contributed by atoms with E-state index in [0.29, 0.717) is 23.1 Å². The molecular formula is C20H18N2O3S. The first-order valence-electron chi connectivity index (χ1n) is 8.39. The van der Waals surface area contributed by atoms with Crippen molar-refractivity contribution >= 4 is 43.6 Å². The summed E-state index contributed by atoms with van der Waals surface area (Å²) in [4.78, 5) is 17.1. The van der Waals surface area contributed by atoms with Crippen molar-refractivity contribution in [3.63, 3.8) is 0 Å². The van der Waals surface area contributed by atoms with E-state index in [4.69, 9.17) is 9.15 Å². The predicted octanol–water partition coefficient (Wildman–Crippen LogP) is 5.31. The molecule has 2 aromatic carbocycles. The van der Waals surface area contributed by atoms with Crippen LogP contribution in [0.4, 0.5) is 5.13 Å². The number of fused-ring (bicyclic) bond motifs is 2. The fourth-order valence-corrected chi connectivity index (χ4v) is 3.75. The van der Waals surface area contributed by atoms with E-state index in [2.05, 4.69) is 30.2 Å². The molecule has 4 aromatic rings. The summed E-state index contributed by atoms with van der Waals surface area (Å²) < 4.78 is 12.3. The number of hydrogen-bond donors (Lipinski definition) is 1. The number of rotatable bonds is 4. The second-order valence-corrected chi connectivity index (χ2v) is 7.13. The van der Waals surface area contributed by atoms with Crippen molar-refractivity contribution in [3.8, 4) is 5.75 Å². The molecule has 1 N–H and O–H groups in total. The van der Waals surface area contributed by atoms with E-state index in [9.17, 15) is 4.79 Å². The number of carbonyl (C=O) groups is 1. The summed E-state index contributed by atoms with van der Waals surface area (Å²) in [6, 6.07) is 11.4. The van der Waals surface area contributed by atoms with Crippen LogP contribution < -0.4 is 10.1 Å². The maximum Gasteiger partial charge on any atom is 0.293 e. The van der Waals surface area contributed by atoms with Gasteiger partial charge in [0.15, 0.2) is 22.2 Å². The SMILES string of the molecule is CCOc1cccc2cc(C(=O)Nc3nc4cc(C)c(C)cc4s3)oc12. The lowest BCUT2D eigenvalue weighted by molar-refractivity contribution is 0.0998. The maximum absolute atomic E-state index is 12.6. The number of furan rings is 1. The molecule has 2 aromatic heterocycles. The zero-order chi connectivity index (χ0) is 18.3. The Morgan fingerprint density at radius 2 is 2.04 bits per heavy atom. The Balaban J connectivity index is 1.64. The number of nitrogens with one attached hydrogen (secondary N) is 1. The van der Waals surface area contributed by atoms with Crippen molar-refractivity contribution in [1.29, 1.82) is 0 Å². The summed E-state index contributed by atoms with van der Waals surface area (Å²) in [5.74, 6) is 0.546. The van der Waals surface area contributed by atoms with Gasteiger partial charge >= 0.3 is 0 Å². The lowest BCUT2D eigenvalue weighted by Crippen LogP contribution is -2.10. The fraction of sp³-hybridized carbons (Fsp3) is 0.200. The van der Waals surface area contributed by atoms with Crippen LogP contribution >= 0.6 is 11.3 Å². The molecule has 5 nitrogen and oxygen atoms in total. The first kappa shape index (κ1) is 16.6. The molecule has 0 unspecified atom stereocenters. The molecule has 0 aliphatic carbocycles. The Labute approximate surface area is 154 Å². The molecule has 0 fully saturated rings. The number of ether oxygens (including phenoxy) is 1. The Hall–Kier alpha value is -2.86. The summed E-state index contributed by atoms with van der Waals surface area (Å²) in [6.45, 7) is 6.56. The molecular weight excluding hydrogens is 348 g/mol. The highest BCUT2D eigenvalue weighted by atomic mass is 32.1. The highest BCUT2D eigenvalue weighted by Crippen LogP contribution is 2.31. The van der Waals surface area contributed by atoms with Crippen LogP contribution in [0, 0.1) is 13.8 Å². The normalized spacial score (nSPS) is 11.2. The van der Waals surface area contributed by atoms with Gasteiger partial charge in [-0.25, -0.2) is 4.98 Å². The van der Waals surface area contributed by atoms with E-state index in [1.165, 1.54) is 22.5 Å². The van der Waals surface area contributed by atoms with Crippen LogP contribution in [0.1, 0.15) is 28.6 Å². The molecule has 2 heterocycles. The Kier molecular flexibility index (Phi) is 4.12. The number of benzene rings is 2. The quantitative estimate of drug-likeness (QED) is 0.531. The molecule has 0 radical (unpaired) electrons. The number of amides is 1. The van der Waals surface area contributed by atoms with Gasteiger partial charge in [0, 0.05) is 5.39 Å². The van der Waals surface area contributed by atoms with Gasteiger partial charge in [-0.05, 0) is 56.2 Å². The van der Waals surface area contributed by atoms with Gasteiger partial charge in [-0.2, -0.15) is 0 Å². The predicted molar refractivity (Wildman–Crippen MR) is 104 cm³/mol. The Bertz CT molecular complexity index is 1090. The Morgan fingerprint density at radius 1 is 1.23 bits per heavy atom. The number of carbonyl (C=O) groups excluding carboxylic acids is 1. The molecule has 0 aliphatic heterocycles. The smallest absolute Gasteiger partial charge is 0.293 e. The van der Waals surface area contributed by atoms with Crippen molar-refractivity contribution in [2.24, 2.45) is 0 Å². The highest BCUT2D eigenvalue weighted by molar-refractivity contribution is 7.22. The van der Waals surface area contributed by atoms with Gasteiger partial charge in [0.05, 0.1) is 16.8 Å². The molecule has 26 heavy (non-hydrogen) atoms. The summed E-state index contributed by atoms with van der Waals surface area (Å²) in [6.07, 6.45) is 0. The fourth-order valence-electron chi connectivity index (χ4n) is 2.81. The van der Waals surface area contributed by atoms with Crippen molar-refractivity contribution in [2.45, 2.75) is 20.8 Å². The third-order valence-electron chi connectivity index (χ3n) is 4.26. The van der Waals surface area contributed by atoms with E-state index >= 15 is 0 Å². The van der Waals surface area contributed by atoms with Crippen LogP contribution in [-0.4, -0.2) is 17.5 Å². The highest BCUT2D eigenvalue weighted by Gasteiger charge is 2.17. The van der Waals surface area contributed by atoms with Crippen LogP contribution in [0.25, 0.3) is 21.2 Å². The van der Waals surface area contributed by atoms with Gasteiger partial charge in [-0.3, -0.25) is 10.1 Å². The maximum atomic E-state index is 12.6. The third-order valence-corrected chi connectivity index (χ3v) is 5.19. The molecule has 0 atom stereocenters. The first-order chi connectivity index (χ1) is 12.5. The molecule has 0 aliphatic rings. The molecule has 1 amide bonds. The topological polar surface area (TPSA) is 64.4 Å². The number of anilines is 1. The average Bonchev–Trinajstić information content (AvgIpc) is 3.20. The molecule has 6 heteroatoms. The standard InChI is InChI=1S/C20H18N2O3S/c1-4-24-15-7-5-6-13-10-16(25-18(13)15)19(23)22-20-21-14-8-11(2)12(3)9-17(14)26-20/h5-10H,4H2,1-3H3,(H,21,22,23). The van der Waals surface area contributed by atoms with Gasteiger partial charge in [0.25, 0.3) is 5.91 Å². The van der Waals surface area contributed by atoms with Crippen molar-refractivity contribution in [2.75, 3.05) is 11.9 Å². The summed E-state index contributed by atoms with van der Waals surface area (Å²) >= 11 is 1.45. The third kappa shape index (κ3) is 2.93. The van der Waals surface area contributed by atoms with Crippen molar-refractivity contribution < 1.29 is 13.9 Å². The van der Waals surface area contributed by atoms with Crippen molar-refractivity contribution in [3.05, 3.63) is 53.3 Å². The molecule has 4 rings (SSSR count). The lowest BCUT2D eigenvalue weighted by atomic mass is 10.1. The minimum absolute atomic E-state index is 0.235. The van der Waals surface area contributed by atoms with Gasteiger partial charge in [0.1, 0.15) is 0 Å². The van der Waals surface area contributed by atoms with Gasteiger partial charge in [0.2, 0.25) is 0 Å². The number of hydrogen-bond acceptors (Lipinski definition) is 5. The first-order valence-corrected chi connectivity index (χ1v) is 9.21. The minimum atomic E-state index is -0.323. The largest absolute Gasteiger partial charge is 0.490 e. The number of aromatic nitrogens is 1. The molecule has 0 saturated carbocycles. The van der Waals surface area contributed by atoms with E-state index in [1.54, 1.807) is 6.07 Å². The molecule has 0 spiro atoms. The second kappa shape index (κ2) is 6.46. The number of nitrogens with zero attached hydrogens (tertiary/aromatic N) is 1. The van der Waals surface area contributed by atoms with Gasteiger partial charge in [-0.15, -0.1) is 0 Å². The number of aryl methyl sites for hydroxylation is 2. The van der Waals surface area contributed by atoms with Crippen LogP contribution in [0.2, 0.25) is 0 Å². The zero-order valence-corrected chi connectivity index (χ0v) is 15.6. The average molecular weight is 366 g/mol. The lowest BCUT2D eigenvalue weighted by Gasteiger charge is -2.02. The van der Waals surface area contributed by atoms with E-state index in [0.717, 1.165) is 15.6 Å². The van der Waals surface area contributed by atoms with E-state index in [1.807, 2.05) is 31.2 Å². The van der Waals surface area contributed by atoms with Crippen LogP contribution in [0.3, 0.4) is 0 Å². The minimum Gasteiger partial charge on any atom is -0.490 e. The second-order valence-electron chi connectivity index (χ2n) is 6.10. The van der Waals surface area contributed by atoms with E-state index < -0.39 is 0 Å². The zero-order valence-electron chi connectivity index (χ0n) is 14.8. The summed E-state index contributed by atoms with van der Waals surface area (Å²) in [5.41, 5.74) is 3.85. The Morgan fingerprint density at radius 3 is 2.85 bits per heavy atom. The summed E-state index contributed by atoms with van der Waals surface area (Å²) in [7, 11) is 0. The van der Waals surface area contributed by atoms with E-state index in [-0.39, 0.29) is 11.7 Å². The molecule has 132 valence electrons. The number of thiazole rings is 1. The molecule has 0 bridgehead atoms. The van der Waals surface area contributed by atoms with Gasteiger partial charge < -0.3 is 9.15 Å². The monoisotopic (exact) mass is 366 g/mol. The summed E-state index contributed by atoms with van der Waals surface area (Å²) in [5, 5.41) is 4.22.